The van der Waals surface area contributed by atoms with Crippen molar-refractivity contribution in [3.8, 4) is 18.1 Å². The summed E-state index contributed by atoms with van der Waals surface area (Å²) in [6, 6.07) is 5.23. The SMILES string of the molecule is C#CCOc1ccc(C=C2C(=O)OC(C)(C)OC2=O)cc1CC=C. The van der Waals surface area contributed by atoms with Crippen LogP contribution in [0.25, 0.3) is 6.08 Å². The normalized spacial score (nSPS) is 15.8. The van der Waals surface area contributed by atoms with Gasteiger partial charge in [0.25, 0.3) is 5.79 Å². The molecular weight excluding hydrogens is 308 g/mol. The van der Waals surface area contributed by atoms with Gasteiger partial charge in [0.05, 0.1) is 0 Å². The average Bonchev–Trinajstić information content (AvgIpc) is 2.49. The minimum Gasteiger partial charge on any atom is -0.481 e. The summed E-state index contributed by atoms with van der Waals surface area (Å²) in [6.07, 6.45) is 8.90. The van der Waals surface area contributed by atoms with E-state index in [4.69, 9.17) is 20.6 Å². The summed E-state index contributed by atoms with van der Waals surface area (Å²) in [6.45, 7) is 6.85. The molecule has 5 heteroatoms. The third kappa shape index (κ3) is 4.05. The fraction of sp³-hybridized carbons (Fsp3) is 0.263. The second kappa shape index (κ2) is 7.05. The Morgan fingerprint density at radius 3 is 2.54 bits per heavy atom. The van der Waals surface area contributed by atoms with Gasteiger partial charge in [0.1, 0.15) is 17.9 Å². The first-order valence-corrected chi connectivity index (χ1v) is 7.35. The first-order chi connectivity index (χ1) is 11.4. The number of terminal acetylenes is 1. The van der Waals surface area contributed by atoms with E-state index >= 15 is 0 Å². The highest BCUT2D eigenvalue weighted by Gasteiger charge is 2.38. The molecule has 0 spiro atoms. The van der Waals surface area contributed by atoms with Gasteiger partial charge in [0.2, 0.25) is 0 Å². The first kappa shape index (κ1) is 17.4. The van der Waals surface area contributed by atoms with Gasteiger partial charge in [0.15, 0.2) is 0 Å². The van der Waals surface area contributed by atoms with Crippen molar-refractivity contribution in [3.63, 3.8) is 0 Å². The maximum Gasteiger partial charge on any atom is 0.348 e. The van der Waals surface area contributed by atoms with Gasteiger partial charge in [-0.2, -0.15) is 0 Å². The summed E-state index contributed by atoms with van der Waals surface area (Å²) in [7, 11) is 0. The quantitative estimate of drug-likeness (QED) is 0.274. The Bertz CT molecular complexity index is 728. The Hall–Kier alpha value is -3.00. The molecule has 1 aromatic carbocycles. The van der Waals surface area contributed by atoms with E-state index in [1.165, 1.54) is 19.9 Å². The molecule has 0 amide bonds. The third-order valence-corrected chi connectivity index (χ3v) is 3.19. The highest BCUT2D eigenvalue weighted by atomic mass is 16.7. The van der Waals surface area contributed by atoms with Crippen LogP contribution in [-0.2, 0) is 25.5 Å². The van der Waals surface area contributed by atoms with Gasteiger partial charge in [-0.15, -0.1) is 13.0 Å². The molecule has 0 radical (unpaired) electrons. The van der Waals surface area contributed by atoms with E-state index in [2.05, 4.69) is 12.5 Å². The molecule has 1 saturated heterocycles. The number of benzene rings is 1. The number of carbonyl (C=O) groups excluding carboxylic acids is 2. The van der Waals surface area contributed by atoms with Gasteiger partial charge in [-0.25, -0.2) is 9.59 Å². The largest absolute Gasteiger partial charge is 0.481 e. The number of carbonyl (C=O) groups is 2. The van der Waals surface area contributed by atoms with Crippen molar-refractivity contribution in [2.75, 3.05) is 6.61 Å². The van der Waals surface area contributed by atoms with Gasteiger partial charge < -0.3 is 14.2 Å². The highest BCUT2D eigenvalue weighted by molar-refractivity contribution is 6.18. The summed E-state index contributed by atoms with van der Waals surface area (Å²) in [5.74, 6) is 0.347. The summed E-state index contributed by atoms with van der Waals surface area (Å²) in [5, 5.41) is 0. The van der Waals surface area contributed by atoms with E-state index < -0.39 is 17.7 Å². The molecule has 0 aliphatic carbocycles. The zero-order valence-corrected chi connectivity index (χ0v) is 13.6. The standard InChI is InChI=1S/C19H18O5/c1-5-7-14-11-13(8-9-16(14)22-10-6-2)12-15-17(20)23-19(3,4)24-18(15)21/h2,5,8-9,11-12H,1,7,10H2,3-4H3. The monoisotopic (exact) mass is 326 g/mol. The molecule has 1 aliphatic heterocycles. The Kier molecular flexibility index (Phi) is 5.10. The molecule has 124 valence electrons. The number of hydrogen-bond donors (Lipinski definition) is 0. The molecule has 1 heterocycles. The molecule has 5 nitrogen and oxygen atoms in total. The van der Waals surface area contributed by atoms with Crippen molar-refractivity contribution >= 4 is 18.0 Å². The van der Waals surface area contributed by atoms with Crippen molar-refractivity contribution in [2.45, 2.75) is 26.1 Å². The van der Waals surface area contributed by atoms with E-state index in [0.29, 0.717) is 17.7 Å². The molecule has 0 unspecified atom stereocenters. The molecular formula is C19H18O5. The smallest absolute Gasteiger partial charge is 0.348 e. The van der Waals surface area contributed by atoms with Gasteiger partial charge in [0, 0.05) is 13.8 Å². The van der Waals surface area contributed by atoms with E-state index in [1.807, 2.05) is 0 Å². The topological polar surface area (TPSA) is 61.8 Å². The maximum absolute atomic E-state index is 12.0. The minimum absolute atomic E-state index is 0.151. The van der Waals surface area contributed by atoms with Crippen LogP contribution in [0.5, 0.6) is 5.75 Å². The second-order valence-corrected chi connectivity index (χ2v) is 5.59. The zero-order chi connectivity index (χ0) is 17.7. The van der Waals surface area contributed by atoms with Gasteiger partial charge in [-0.3, -0.25) is 0 Å². The van der Waals surface area contributed by atoms with Crippen molar-refractivity contribution in [3.05, 3.63) is 47.6 Å². The Morgan fingerprint density at radius 1 is 1.29 bits per heavy atom. The van der Waals surface area contributed by atoms with Crippen molar-refractivity contribution < 1.29 is 23.8 Å². The van der Waals surface area contributed by atoms with Crippen LogP contribution in [0.2, 0.25) is 0 Å². The molecule has 24 heavy (non-hydrogen) atoms. The minimum atomic E-state index is -1.26. The summed E-state index contributed by atoms with van der Waals surface area (Å²) >= 11 is 0. The average molecular weight is 326 g/mol. The number of allylic oxidation sites excluding steroid dienone is 1. The van der Waals surface area contributed by atoms with Crippen molar-refractivity contribution in [1.29, 1.82) is 0 Å². The Morgan fingerprint density at radius 2 is 1.96 bits per heavy atom. The fourth-order valence-electron chi connectivity index (χ4n) is 2.21. The lowest BCUT2D eigenvalue weighted by atomic mass is 10.0. The first-order valence-electron chi connectivity index (χ1n) is 7.35. The summed E-state index contributed by atoms with van der Waals surface area (Å²) in [5.41, 5.74) is 1.33. The summed E-state index contributed by atoms with van der Waals surface area (Å²) < 4.78 is 15.6. The molecule has 0 atom stereocenters. The second-order valence-electron chi connectivity index (χ2n) is 5.59. The van der Waals surface area contributed by atoms with Crippen LogP contribution in [0.15, 0.2) is 36.4 Å². The molecule has 1 aromatic rings. The number of esters is 2. The third-order valence-electron chi connectivity index (χ3n) is 3.19. The van der Waals surface area contributed by atoms with Crippen LogP contribution in [0.3, 0.4) is 0 Å². The van der Waals surface area contributed by atoms with Crippen LogP contribution >= 0.6 is 0 Å². The van der Waals surface area contributed by atoms with E-state index in [1.54, 1.807) is 24.3 Å². The highest BCUT2D eigenvalue weighted by Crippen LogP contribution is 2.26. The van der Waals surface area contributed by atoms with Crippen molar-refractivity contribution in [1.82, 2.24) is 0 Å². The van der Waals surface area contributed by atoms with Crippen LogP contribution < -0.4 is 4.74 Å². The van der Waals surface area contributed by atoms with Gasteiger partial charge >= 0.3 is 11.9 Å². The predicted octanol–water partition coefficient (Wildman–Crippen LogP) is 2.65. The molecule has 1 fully saturated rings. The maximum atomic E-state index is 12.0. The Labute approximate surface area is 140 Å². The number of cyclic esters (lactones) is 2. The fourth-order valence-corrected chi connectivity index (χ4v) is 2.21. The van der Waals surface area contributed by atoms with Gasteiger partial charge in [-0.1, -0.05) is 18.1 Å². The van der Waals surface area contributed by atoms with Crippen LogP contribution in [-0.4, -0.2) is 24.3 Å². The lowest BCUT2D eigenvalue weighted by Crippen LogP contribution is -2.41. The Balaban J connectivity index is 2.33. The van der Waals surface area contributed by atoms with Crippen LogP contribution in [0.4, 0.5) is 0 Å². The van der Waals surface area contributed by atoms with Crippen LogP contribution in [0, 0.1) is 12.3 Å². The molecule has 0 aromatic heterocycles. The van der Waals surface area contributed by atoms with E-state index in [0.717, 1.165) is 5.56 Å². The zero-order valence-electron chi connectivity index (χ0n) is 13.6. The lowest BCUT2D eigenvalue weighted by molar-refractivity contribution is -0.222. The number of hydrogen-bond acceptors (Lipinski definition) is 5. The van der Waals surface area contributed by atoms with Crippen molar-refractivity contribution in [2.24, 2.45) is 0 Å². The number of rotatable bonds is 5. The molecule has 0 saturated carbocycles. The lowest BCUT2D eigenvalue weighted by Gasteiger charge is -2.29. The van der Waals surface area contributed by atoms with Crippen LogP contribution in [0.1, 0.15) is 25.0 Å². The molecule has 2 rings (SSSR count). The predicted molar refractivity (Wildman–Crippen MR) is 88.9 cm³/mol. The van der Waals surface area contributed by atoms with Gasteiger partial charge in [-0.05, 0) is 35.8 Å². The van der Waals surface area contributed by atoms with E-state index in [-0.39, 0.29) is 12.2 Å². The molecule has 0 N–H and O–H groups in total. The number of ether oxygens (including phenoxy) is 3. The summed E-state index contributed by atoms with van der Waals surface area (Å²) in [4.78, 5) is 24.0. The van der Waals surface area contributed by atoms with E-state index in [9.17, 15) is 9.59 Å². The molecule has 0 bridgehead atoms. The molecule has 1 aliphatic rings.